The van der Waals surface area contributed by atoms with Gasteiger partial charge in [-0.1, -0.05) is 18.2 Å². The quantitative estimate of drug-likeness (QED) is 0.612. The second-order valence-corrected chi connectivity index (χ2v) is 8.69. The van der Waals surface area contributed by atoms with Crippen LogP contribution in [0.15, 0.2) is 54.7 Å². The fourth-order valence-electron chi connectivity index (χ4n) is 3.26. The standard InChI is InChI=1S/C21H26N4O2S/c1-28(26,27)24-19-10-8-17(9-11-19)18(15-22)16-23-20-6-5-7-21(14-20)25-12-3-2-4-13-25/h5-11,14-16,22-24H,2-4,12-13H2,1H3/b18-16+,22-15?. The van der Waals surface area contributed by atoms with Crippen molar-refractivity contribution in [2.24, 2.45) is 0 Å². The van der Waals surface area contributed by atoms with Crippen LogP contribution in [0, 0.1) is 5.41 Å². The van der Waals surface area contributed by atoms with E-state index < -0.39 is 10.0 Å². The van der Waals surface area contributed by atoms with Gasteiger partial charge in [0.2, 0.25) is 10.0 Å². The lowest BCUT2D eigenvalue weighted by Gasteiger charge is -2.29. The Hall–Kier alpha value is -2.80. The highest BCUT2D eigenvalue weighted by Crippen LogP contribution is 2.24. The van der Waals surface area contributed by atoms with Crippen molar-refractivity contribution in [2.45, 2.75) is 19.3 Å². The summed E-state index contributed by atoms with van der Waals surface area (Å²) in [6.45, 7) is 2.19. The highest BCUT2D eigenvalue weighted by atomic mass is 32.2. The number of anilines is 3. The van der Waals surface area contributed by atoms with E-state index in [4.69, 9.17) is 5.41 Å². The Bertz CT molecular complexity index is 947. The van der Waals surface area contributed by atoms with Crippen molar-refractivity contribution in [3.05, 3.63) is 60.3 Å². The topological polar surface area (TPSA) is 85.3 Å². The van der Waals surface area contributed by atoms with Crippen LogP contribution in [-0.2, 0) is 10.0 Å². The van der Waals surface area contributed by atoms with Crippen molar-refractivity contribution in [1.82, 2.24) is 0 Å². The second-order valence-electron chi connectivity index (χ2n) is 6.94. The molecular weight excluding hydrogens is 372 g/mol. The molecule has 1 aliphatic heterocycles. The zero-order valence-corrected chi connectivity index (χ0v) is 16.8. The molecule has 1 fully saturated rings. The molecule has 0 saturated carbocycles. The van der Waals surface area contributed by atoms with Gasteiger partial charge < -0.3 is 15.6 Å². The second kappa shape index (κ2) is 8.93. The smallest absolute Gasteiger partial charge is 0.229 e. The summed E-state index contributed by atoms with van der Waals surface area (Å²) in [5.74, 6) is 0. The lowest BCUT2D eigenvalue weighted by Crippen LogP contribution is -2.29. The number of nitrogens with one attached hydrogen (secondary N) is 3. The fourth-order valence-corrected chi connectivity index (χ4v) is 3.82. The number of piperidine rings is 1. The Morgan fingerprint density at radius 3 is 2.39 bits per heavy atom. The Morgan fingerprint density at radius 1 is 1.04 bits per heavy atom. The summed E-state index contributed by atoms with van der Waals surface area (Å²) in [5, 5.41) is 11.0. The molecule has 0 aromatic heterocycles. The van der Waals surface area contributed by atoms with E-state index >= 15 is 0 Å². The molecular formula is C21H26N4O2S. The Labute approximate surface area is 166 Å². The molecule has 2 aromatic rings. The van der Waals surface area contributed by atoms with Crippen LogP contribution in [0.5, 0.6) is 0 Å². The van der Waals surface area contributed by atoms with Crippen LogP contribution in [0.1, 0.15) is 24.8 Å². The first-order valence-electron chi connectivity index (χ1n) is 9.35. The normalized spacial score (nSPS) is 15.2. The van der Waals surface area contributed by atoms with Crippen LogP contribution >= 0.6 is 0 Å². The highest BCUT2D eigenvalue weighted by Gasteiger charge is 2.11. The minimum absolute atomic E-state index is 0.498. The zero-order chi connectivity index (χ0) is 20.0. The summed E-state index contributed by atoms with van der Waals surface area (Å²) < 4.78 is 25.0. The Morgan fingerprint density at radius 2 is 1.75 bits per heavy atom. The van der Waals surface area contributed by atoms with Crippen molar-refractivity contribution in [2.75, 3.05) is 34.3 Å². The van der Waals surface area contributed by atoms with Gasteiger partial charge in [0.1, 0.15) is 0 Å². The van der Waals surface area contributed by atoms with E-state index in [1.807, 2.05) is 12.1 Å². The predicted octanol–water partition coefficient (Wildman–Crippen LogP) is 4.15. The number of hydrogen-bond donors (Lipinski definition) is 3. The van der Waals surface area contributed by atoms with Crippen LogP contribution < -0.4 is 14.9 Å². The molecule has 2 aromatic carbocycles. The van der Waals surface area contributed by atoms with Gasteiger partial charge in [0.15, 0.2) is 0 Å². The maximum Gasteiger partial charge on any atom is 0.229 e. The largest absolute Gasteiger partial charge is 0.371 e. The van der Waals surface area contributed by atoms with Crippen molar-refractivity contribution < 1.29 is 8.42 Å². The number of hydrogen-bond acceptors (Lipinski definition) is 5. The Kier molecular flexibility index (Phi) is 6.36. The summed E-state index contributed by atoms with van der Waals surface area (Å²) in [4.78, 5) is 2.41. The molecule has 148 valence electrons. The molecule has 0 atom stereocenters. The monoisotopic (exact) mass is 398 g/mol. The molecule has 0 radical (unpaired) electrons. The van der Waals surface area contributed by atoms with Crippen LogP contribution in [0.2, 0.25) is 0 Å². The van der Waals surface area contributed by atoms with Crippen LogP contribution in [0.25, 0.3) is 5.57 Å². The van der Waals surface area contributed by atoms with Gasteiger partial charge in [0.05, 0.1) is 6.26 Å². The number of rotatable bonds is 7. The van der Waals surface area contributed by atoms with Gasteiger partial charge in [-0.2, -0.15) is 0 Å². The van der Waals surface area contributed by atoms with E-state index in [1.165, 1.54) is 31.2 Å². The van der Waals surface area contributed by atoms with E-state index in [1.54, 1.807) is 30.5 Å². The molecule has 6 nitrogen and oxygen atoms in total. The molecule has 3 N–H and O–H groups in total. The predicted molar refractivity (Wildman–Crippen MR) is 118 cm³/mol. The SMILES string of the molecule is CS(=O)(=O)Nc1ccc(/C(C=N)=C/Nc2cccc(N3CCCCC3)c2)cc1. The molecule has 0 spiro atoms. The van der Waals surface area contributed by atoms with E-state index in [-0.39, 0.29) is 0 Å². The first-order chi connectivity index (χ1) is 13.4. The summed E-state index contributed by atoms with van der Waals surface area (Å²) >= 11 is 0. The third-order valence-electron chi connectivity index (χ3n) is 4.64. The van der Waals surface area contributed by atoms with Gasteiger partial charge in [0, 0.05) is 48.1 Å². The van der Waals surface area contributed by atoms with Gasteiger partial charge in [-0.05, 0) is 55.2 Å². The van der Waals surface area contributed by atoms with Crippen LogP contribution in [-0.4, -0.2) is 34.0 Å². The summed E-state index contributed by atoms with van der Waals surface area (Å²) in [6.07, 6.45) is 7.96. The third-order valence-corrected chi connectivity index (χ3v) is 5.25. The number of benzene rings is 2. The first-order valence-corrected chi connectivity index (χ1v) is 11.2. The number of nitrogens with zero attached hydrogens (tertiary/aromatic N) is 1. The minimum atomic E-state index is -3.30. The first kappa shape index (κ1) is 19.9. The summed E-state index contributed by atoms with van der Waals surface area (Å²) in [5.41, 5.74) is 4.21. The number of allylic oxidation sites excluding steroid dienone is 1. The van der Waals surface area contributed by atoms with Crippen molar-refractivity contribution >= 4 is 38.9 Å². The minimum Gasteiger partial charge on any atom is -0.371 e. The van der Waals surface area contributed by atoms with Gasteiger partial charge in [-0.25, -0.2) is 8.42 Å². The average molecular weight is 399 g/mol. The van der Waals surface area contributed by atoms with E-state index in [2.05, 4.69) is 27.1 Å². The van der Waals surface area contributed by atoms with Crippen LogP contribution in [0.4, 0.5) is 17.1 Å². The average Bonchev–Trinajstić information content (AvgIpc) is 2.69. The van der Waals surface area contributed by atoms with Gasteiger partial charge in [0.25, 0.3) is 0 Å². The fraction of sp³-hybridized carbons (Fsp3) is 0.286. The van der Waals surface area contributed by atoms with Gasteiger partial charge >= 0.3 is 0 Å². The summed E-state index contributed by atoms with van der Waals surface area (Å²) in [7, 11) is -3.30. The lowest BCUT2D eigenvalue weighted by atomic mass is 10.1. The molecule has 0 aliphatic carbocycles. The van der Waals surface area contributed by atoms with Gasteiger partial charge in [-0.15, -0.1) is 0 Å². The molecule has 0 unspecified atom stereocenters. The molecule has 1 heterocycles. The van der Waals surface area contributed by atoms with E-state index in [0.717, 1.165) is 30.6 Å². The summed E-state index contributed by atoms with van der Waals surface area (Å²) in [6, 6.07) is 15.2. The van der Waals surface area contributed by atoms with Gasteiger partial charge in [-0.3, -0.25) is 4.72 Å². The Balaban J connectivity index is 1.72. The lowest BCUT2D eigenvalue weighted by molar-refractivity contribution is 0.578. The van der Waals surface area contributed by atoms with E-state index in [0.29, 0.717) is 11.3 Å². The highest BCUT2D eigenvalue weighted by molar-refractivity contribution is 7.92. The van der Waals surface area contributed by atoms with Crippen molar-refractivity contribution in [3.63, 3.8) is 0 Å². The zero-order valence-electron chi connectivity index (χ0n) is 16.0. The maximum absolute atomic E-state index is 11.3. The van der Waals surface area contributed by atoms with E-state index in [9.17, 15) is 8.42 Å². The third kappa shape index (κ3) is 5.60. The molecule has 0 bridgehead atoms. The molecule has 3 rings (SSSR count). The molecule has 1 saturated heterocycles. The molecule has 0 amide bonds. The van der Waals surface area contributed by atoms with Crippen LogP contribution in [0.3, 0.4) is 0 Å². The molecule has 7 heteroatoms. The molecule has 1 aliphatic rings. The van der Waals surface area contributed by atoms with Crippen molar-refractivity contribution in [1.29, 1.82) is 5.41 Å². The number of sulfonamides is 1. The van der Waals surface area contributed by atoms with Crippen molar-refractivity contribution in [3.8, 4) is 0 Å². The maximum atomic E-state index is 11.3. The molecule has 28 heavy (non-hydrogen) atoms.